The second kappa shape index (κ2) is 8.24. The molecule has 8 heteroatoms. The number of rotatable bonds is 6. The van der Waals surface area contributed by atoms with Crippen molar-refractivity contribution >= 4 is 12.0 Å². The molecular formula is C18H18O8. The van der Waals surface area contributed by atoms with Crippen LogP contribution >= 0.6 is 0 Å². The van der Waals surface area contributed by atoms with Crippen LogP contribution in [0.2, 0.25) is 0 Å². The van der Waals surface area contributed by atoms with Gasteiger partial charge in [-0.25, -0.2) is 4.79 Å². The molecule has 0 radical (unpaired) electrons. The molecule has 0 aliphatic heterocycles. The molecule has 0 amide bonds. The largest absolute Gasteiger partial charge is 0.504 e. The van der Waals surface area contributed by atoms with Gasteiger partial charge in [0.2, 0.25) is 0 Å². The third-order valence-electron chi connectivity index (χ3n) is 3.55. The number of hydrogen-bond donors (Lipinski definition) is 6. The molecule has 0 saturated heterocycles. The minimum atomic E-state index is -1.43. The number of aromatic hydroxyl groups is 4. The summed E-state index contributed by atoms with van der Waals surface area (Å²) in [5.74, 6) is -2.35. The number of ether oxygens (including phenoxy) is 1. The van der Waals surface area contributed by atoms with Gasteiger partial charge in [-0.2, -0.15) is 0 Å². The van der Waals surface area contributed by atoms with E-state index in [-0.39, 0.29) is 22.8 Å². The number of aliphatic hydroxyl groups is 2. The number of hydrogen-bond acceptors (Lipinski definition) is 8. The molecule has 0 aliphatic carbocycles. The van der Waals surface area contributed by atoms with Crippen molar-refractivity contribution in [1.29, 1.82) is 0 Å². The Morgan fingerprint density at radius 3 is 2.15 bits per heavy atom. The van der Waals surface area contributed by atoms with Crippen molar-refractivity contribution in [3.63, 3.8) is 0 Å². The van der Waals surface area contributed by atoms with Crippen LogP contribution in [0.15, 0.2) is 42.5 Å². The van der Waals surface area contributed by atoms with E-state index in [1.54, 1.807) is 0 Å². The van der Waals surface area contributed by atoms with E-state index < -0.39 is 30.5 Å². The van der Waals surface area contributed by atoms with Crippen LogP contribution < -0.4 is 0 Å². The Morgan fingerprint density at radius 1 is 0.962 bits per heavy atom. The summed E-state index contributed by atoms with van der Waals surface area (Å²) in [5, 5.41) is 56.9. The first-order valence-electron chi connectivity index (χ1n) is 7.53. The van der Waals surface area contributed by atoms with Gasteiger partial charge in [-0.1, -0.05) is 12.1 Å². The van der Waals surface area contributed by atoms with Crippen LogP contribution in [0.5, 0.6) is 23.0 Å². The van der Waals surface area contributed by atoms with Gasteiger partial charge in [0.25, 0.3) is 0 Å². The Kier molecular flexibility index (Phi) is 6.05. The van der Waals surface area contributed by atoms with Gasteiger partial charge in [-0.05, 0) is 41.5 Å². The van der Waals surface area contributed by atoms with Crippen molar-refractivity contribution in [2.24, 2.45) is 0 Å². The number of carbonyl (C=O) groups excluding carboxylic acids is 1. The highest BCUT2D eigenvalue weighted by Gasteiger charge is 2.24. The fourth-order valence-corrected chi connectivity index (χ4v) is 2.14. The maximum Gasteiger partial charge on any atom is 0.331 e. The van der Waals surface area contributed by atoms with Crippen molar-refractivity contribution in [3.05, 3.63) is 53.6 Å². The normalized spacial score (nSPS) is 13.5. The molecule has 2 rings (SSSR count). The molecule has 2 aromatic carbocycles. The summed E-state index contributed by atoms with van der Waals surface area (Å²) in [7, 11) is 0. The van der Waals surface area contributed by atoms with Crippen molar-refractivity contribution in [3.8, 4) is 23.0 Å². The zero-order valence-corrected chi connectivity index (χ0v) is 13.5. The average molecular weight is 362 g/mol. The summed E-state index contributed by atoms with van der Waals surface area (Å²) < 4.78 is 4.98. The number of esters is 1. The monoisotopic (exact) mass is 362 g/mol. The zero-order chi connectivity index (χ0) is 19.3. The van der Waals surface area contributed by atoms with Crippen LogP contribution in [0, 0.1) is 0 Å². The molecule has 138 valence electrons. The summed E-state index contributed by atoms with van der Waals surface area (Å²) in [6.45, 7) is -0.678. The SMILES string of the molecule is O=C(C=Cc1ccc(O)c(O)c1)O[C@@H](CO)[C@H](O)c1ccc(O)c(O)c1. The van der Waals surface area contributed by atoms with Gasteiger partial charge in [0.15, 0.2) is 29.1 Å². The van der Waals surface area contributed by atoms with Gasteiger partial charge in [-0.15, -0.1) is 0 Å². The minimum absolute atomic E-state index is 0.139. The molecule has 0 fully saturated rings. The fourth-order valence-electron chi connectivity index (χ4n) is 2.14. The molecule has 6 N–H and O–H groups in total. The average Bonchev–Trinajstić information content (AvgIpc) is 2.62. The minimum Gasteiger partial charge on any atom is -0.504 e. The van der Waals surface area contributed by atoms with E-state index >= 15 is 0 Å². The lowest BCUT2D eigenvalue weighted by molar-refractivity contribution is -0.152. The summed E-state index contributed by atoms with van der Waals surface area (Å²) in [6.07, 6.45) is -0.393. The van der Waals surface area contributed by atoms with Crippen LogP contribution in [0.1, 0.15) is 17.2 Å². The van der Waals surface area contributed by atoms with Gasteiger partial charge in [0.1, 0.15) is 6.10 Å². The molecule has 26 heavy (non-hydrogen) atoms. The Bertz CT molecular complexity index is 815. The first-order valence-corrected chi connectivity index (χ1v) is 7.53. The first kappa shape index (κ1) is 19.1. The fraction of sp³-hybridized carbons (Fsp3) is 0.167. The number of aliphatic hydroxyl groups excluding tert-OH is 2. The second-order valence-corrected chi connectivity index (χ2v) is 5.43. The van der Waals surface area contributed by atoms with Crippen LogP contribution in [-0.4, -0.2) is 49.3 Å². The Balaban J connectivity index is 2.05. The molecule has 0 unspecified atom stereocenters. The number of phenols is 4. The molecule has 0 spiro atoms. The molecule has 0 bridgehead atoms. The molecule has 2 aromatic rings. The van der Waals surface area contributed by atoms with Crippen LogP contribution in [-0.2, 0) is 9.53 Å². The van der Waals surface area contributed by atoms with Crippen molar-refractivity contribution < 1.29 is 40.2 Å². The quantitative estimate of drug-likeness (QED) is 0.255. The Morgan fingerprint density at radius 2 is 1.58 bits per heavy atom. The molecular weight excluding hydrogens is 344 g/mol. The highest BCUT2D eigenvalue weighted by Crippen LogP contribution is 2.30. The molecule has 2 atom stereocenters. The zero-order valence-electron chi connectivity index (χ0n) is 13.5. The number of phenolic OH excluding ortho intramolecular Hbond substituents is 4. The highest BCUT2D eigenvalue weighted by molar-refractivity contribution is 5.87. The second-order valence-electron chi connectivity index (χ2n) is 5.43. The van der Waals surface area contributed by atoms with Gasteiger partial charge in [-0.3, -0.25) is 0 Å². The smallest absolute Gasteiger partial charge is 0.331 e. The lowest BCUT2D eigenvalue weighted by atomic mass is 10.0. The molecule has 0 saturated carbocycles. The third-order valence-corrected chi connectivity index (χ3v) is 3.55. The van der Waals surface area contributed by atoms with E-state index in [1.807, 2.05) is 0 Å². The topological polar surface area (TPSA) is 148 Å². The highest BCUT2D eigenvalue weighted by atomic mass is 16.6. The standard InChI is InChI=1S/C18H18O8/c19-9-16(18(25)11-3-5-13(21)15(23)8-11)26-17(24)6-2-10-1-4-12(20)14(22)7-10/h1-8,16,18-23,25H,9H2/t16-,18+/m0/s1. The van der Waals surface area contributed by atoms with Crippen LogP contribution in [0.4, 0.5) is 0 Å². The van der Waals surface area contributed by atoms with Gasteiger partial charge < -0.3 is 35.4 Å². The van der Waals surface area contributed by atoms with Gasteiger partial charge >= 0.3 is 5.97 Å². The molecule has 8 nitrogen and oxygen atoms in total. The van der Waals surface area contributed by atoms with Crippen molar-refractivity contribution in [1.82, 2.24) is 0 Å². The van der Waals surface area contributed by atoms with E-state index in [0.29, 0.717) is 5.56 Å². The van der Waals surface area contributed by atoms with E-state index in [0.717, 1.165) is 18.2 Å². The van der Waals surface area contributed by atoms with Crippen LogP contribution in [0.25, 0.3) is 6.08 Å². The van der Waals surface area contributed by atoms with Gasteiger partial charge in [0.05, 0.1) is 6.61 Å². The van der Waals surface area contributed by atoms with Crippen LogP contribution in [0.3, 0.4) is 0 Å². The predicted octanol–water partition coefficient (Wildman–Crippen LogP) is 1.16. The predicted molar refractivity (Wildman–Crippen MR) is 90.5 cm³/mol. The van der Waals surface area contributed by atoms with E-state index in [1.165, 1.54) is 30.3 Å². The molecule has 0 aromatic heterocycles. The van der Waals surface area contributed by atoms with E-state index in [4.69, 9.17) is 4.74 Å². The lowest BCUT2D eigenvalue weighted by Gasteiger charge is -2.21. The first-order chi connectivity index (χ1) is 12.3. The maximum atomic E-state index is 11.9. The summed E-state index contributed by atoms with van der Waals surface area (Å²) in [4.78, 5) is 11.9. The summed E-state index contributed by atoms with van der Waals surface area (Å²) in [6, 6.07) is 7.49. The van der Waals surface area contributed by atoms with Crippen molar-refractivity contribution in [2.45, 2.75) is 12.2 Å². The lowest BCUT2D eigenvalue weighted by Crippen LogP contribution is -2.28. The number of carbonyl (C=O) groups is 1. The number of benzene rings is 2. The third kappa shape index (κ3) is 4.65. The van der Waals surface area contributed by atoms with Gasteiger partial charge in [0, 0.05) is 6.08 Å². The maximum absolute atomic E-state index is 11.9. The van der Waals surface area contributed by atoms with Crippen molar-refractivity contribution in [2.75, 3.05) is 6.61 Å². The van der Waals surface area contributed by atoms with E-state index in [9.17, 15) is 35.4 Å². The summed E-state index contributed by atoms with van der Waals surface area (Å²) >= 11 is 0. The van der Waals surface area contributed by atoms with E-state index in [2.05, 4.69) is 0 Å². The molecule has 0 heterocycles. The summed E-state index contributed by atoms with van der Waals surface area (Å²) in [5.41, 5.74) is 0.557. The Hall–Kier alpha value is -3.23. The molecule has 0 aliphatic rings. The Labute approximate surface area is 148 Å².